The van der Waals surface area contributed by atoms with E-state index >= 15 is 0 Å². The number of nitrogens with one attached hydrogen (secondary N) is 1. The summed E-state index contributed by atoms with van der Waals surface area (Å²) in [7, 11) is 0. The number of hydrogen-bond acceptors (Lipinski definition) is 2. The van der Waals surface area contributed by atoms with E-state index in [1.807, 2.05) is 0 Å². The molecule has 84 valence electrons. The van der Waals surface area contributed by atoms with Crippen molar-refractivity contribution < 1.29 is 0 Å². The van der Waals surface area contributed by atoms with Crippen LogP contribution in [0.15, 0.2) is 24.3 Å². The largest absolute Gasteiger partial charge is 0.319 e. The SMILES string of the molecule is CC(C)c1cccc(C2(N)CNC2)c1.Cl. The Hall–Kier alpha value is -0.570. The molecule has 1 aliphatic rings. The Kier molecular flexibility index (Phi) is 3.77. The second kappa shape index (κ2) is 4.52. The number of benzene rings is 1. The molecule has 1 heterocycles. The molecule has 1 fully saturated rings. The highest BCUT2D eigenvalue weighted by Crippen LogP contribution is 2.25. The predicted octanol–water partition coefficient (Wildman–Crippen LogP) is 1.99. The van der Waals surface area contributed by atoms with Gasteiger partial charge in [-0.2, -0.15) is 0 Å². The molecule has 1 aromatic carbocycles. The van der Waals surface area contributed by atoms with E-state index in [0.29, 0.717) is 5.92 Å². The Balaban J connectivity index is 0.00000112. The van der Waals surface area contributed by atoms with Gasteiger partial charge in [-0.1, -0.05) is 38.1 Å². The van der Waals surface area contributed by atoms with Crippen LogP contribution in [0.25, 0.3) is 0 Å². The zero-order chi connectivity index (χ0) is 10.2. The zero-order valence-corrected chi connectivity index (χ0v) is 10.1. The molecule has 2 nitrogen and oxygen atoms in total. The van der Waals surface area contributed by atoms with Gasteiger partial charge in [0.25, 0.3) is 0 Å². The van der Waals surface area contributed by atoms with E-state index in [-0.39, 0.29) is 17.9 Å². The molecule has 1 aromatic rings. The Bertz CT molecular complexity index is 332. The number of hydrogen-bond donors (Lipinski definition) is 2. The lowest BCUT2D eigenvalue weighted by Crippen LogP contribution is -2.62. The average molecular weight is 227 g/mol. The highest BCUT2D eigenvalue weighted by Gasteiger charge is 2.34. The van der Waals surface area contributed by atoms with Gasteiger partial charge in [-0.25, -0.2) is 0 Å². The van der Waals surface area contributed by atoms with Crippen LogP contribution in [0.3, 0.4) is 0 Å². The minimum Gasteiger partial charge on any atom is -0.319 e. The summed E-state index contributed by atoms with van der Waals surface area (Å²) in [6.07, 6.45) is 0. The summed E-state index contributed by atoms with van der Waals surface area (Å²) in [5.41, 5.74) is 8.75. The lowest BCUT2D eigenvalue weighted by atomic mass is 9.84. The van der Waals surface area contributed by atoms with E-state index in [2.05, 4.69) is 43.4 Å². The first kappa shape index (κ1) is 12.5. The first-order chi connectivity index (χ1) is 6.62. The fourth-order valence-corrected chi connectivity index (χ4v) is 1.81. The van der Waals surface area contributed by atoms with E-state index in [1.165, 1.54) is 11.1 Å². The van der Waals surface area contributed by atoms with E-state index in [4.69, 9.17) is 5.73 Å². The molecule has 0 amide bonds. The molecule has 0 bridgehead atoms. The summed E-state index contributed by atoms with van der Waals surface area (Å²) in [6, 6.07) is 8.65. The fourth-order valence-electron chi connectivity index (χ4n) is 1.81. The molecular formula is C12H19ClN2. The molecule has 0 spiro atoms. The van der Waals surface area contributed by atoms with Gasteiger partial charge in [-0.15, -0.1) is 12.4 Å². The topological polar surface area (TPSA) is 38.0 Å². The Morgan fingerprint density at radius 1 is 1.33 bits per heavy atom. The van der Waals surface area contributed by atoms with Crippen molar-refractivity contribution in [2.24, 2.45) is 5.73 Å². The number of rotatable bonds is 2. The minimum absolute atomic E-state index is 0. The van der Waals surface area contributed by atoms with Gasteiger partial charge < -0.3 is 11.1 Å². The Morgan fingerprint density at radius 2 is 2.00 bits per heavy atom. The zero-order valence-electron chi connectivity index (χ0n) is 9.29. The molecule has 0 saturated carbocycles. The lowest BCUT2D eigenvalue weighted by Gasteiger charge is -2.39. The molecule has 0 unspecified atom stereocenters. The molecule has 0 aromatic heterocycles. The minimum atomic E-state index is -0.120. The van der Waals surface area contributed by atoms with Crippen molar-refractivity contribution in [3.63, 3.8) is 0 Å². The summed E-state index contributed by atoms with van der Waals surface area (Å²) < 4.78 is 0. The maximum Gasteiger partial charge on any atom is 0.0662 e. The predicted molar refractivity (Wildman–Crippen MR) is 66.5 cm³/mol. The van der Waals surface area contributed by atoms with Crippen LogP contribution >= 0.6 is 12.4 Å². The number of halogens is 1. The smallest absolute Gasteiger partial charge is 0.0662 e. The third-order valence-electron chi connectivity index (χ3n) is 3.01. The normalized spacial score (nSPS) is 18.1. The van der Waals surface area contributed by atoms with Crippen LogP contribution in [-0.2, 0) is 5.54 Å². The standard InChI is InChI=1S/C12H18N2.ClH/c1-9(2)10-4-3-5-11(6-10)12(13)7-14-8-12;/h3-6,9,14H,7-8,13H2,1-2H3;1H. The van der Waals surface area contributed by atoms with Crippen LogP contribution in [0.2, 0.25) is 0 Å². The van der Waals surface area contributed by atoms with Gasteiger partial charge in [0.15, 0.2) is 0 Å². The third kappa shape index (κ3) is 2.33. The summed E-state index contributed by atoms with van der Waals surface area (Å²) in [4.78, 5) is 0. The van der Waals surface area contributed by atoms with Gasteiger partial charge in [0.1, 0.15) is 0 Å². The van der Waals surface area contributed by atoms with Crippen LogP contribution in [0.5, 0.6) is 0 Å². The Labute approximate surface area is 97.7 Å². The summed E-state index contributed by atoms with van der Waals surface area (Å²) in [5, 5.41) is 3.22. The fraction of sp³-hybridized carbons (Fsp3) is 0.500. The molecule has 3 heteroatoms. The molecule has 3 N–H and O–H groups in total. The Morgan fingerprint density at radius 3 is 2.47 bits per heavy atom. The van der Waals surface area contributed by atoms with Crippen molar-refractivity contribution in [1.29, 1.82) is 0 Å². The average Bonchev–Trinajstić information content (AvgIpc) is 2.14. The molecule has 1 saturated heterocycles. The van der Waals surface area contributed by atoms with Crippen LogP contribution in [-0.4, -0.2) is 13.1 Å². The van der Waals surface area contributed by atoms with Crippen LogP contribution in [0.4, 0.5) is 0 Å². The molecule has 2 rings (SSSR count). The maximum atomic E-state index is 6.23. The molecule has 0 atom stereocenters. The van der Waals surface area contributed by atoms with Crippen molar-refractivity contribution in [3.05, 3.63) is 35.4 Å². The third-order valence-corrected chi connectivity index (χ3v) is 3.01. The maximum absolute atomic E-state index is 6.23. The van der Waals surface area contributed by atoms with Crippen molar-refractivity contribution in [3.8, 4) is 0 Å². The van der Waals surface area contributed by atoms with Gasteiger partial charge in [0, 0.05) is 13.1 Å². The number of nitrogens with two attached hydrogens (primary N) is 1. The van der Waals surface area contributed by atoms with E-state index < -0.39 is 0 Å². The molecule has 15 heavy (non-hydrogen) atoms. The molecule has 1 aliphatic heterocycles. The summed E-state index contributed by atoms with van der Waals surface area (Å²) >= 11 is 0. The summed E-state index contributed by atoms with van der Waals surface area (Å²) in [5.74, 6) is 0.576. The van der Waals surface area contributed by atoms with Gasteiger partial charge in [-0.05, 0) is 17.0 Å². The van der Waals surface area contributed by atoms with Crippen molar-refractivity contribution in [2.75, 3.05) is 13.1 Å². The van der Waals surface area contributed by atoms with Gasteiger partial charge in [-0.3, -0.25) is 0 Å². The van der Waals surface area contributed by atoms with E-state index in [9.17, 15) is 0 Å². The highest BCUT2D eigenvalue weighted by molar-refractivity contribution is 5.85. The van der Waals surface area contributed by atoms with Crippen molar-refractivity contribution in [2.45, 2.75) is 25.3 Å². The lowest BCUT2D eigenvalue weighted by molar-refractivity contribution is 0.287. The van der Waals surface area contributed by atoms with E-state index in [1.54, 1.807) is 0 Å². The summed E-state index contributed by atoms with van der Waals surface area (Å²) in [6.45, 7) is 6.21. The van der Waals surface area contributed by atoms with Crippen LogP contribution < -0.4 is 11.1 Å². The molecule has 0 radical (unpaired) electrons. The first-order valence-corrected chi connectivity index (χ1v) is 5.22. The quantitative estimate of drug-likeness (QED) is 0.810. The van der Waals surface area contributed by atoms with Crippen LogP contribution in [0.1, 0.15) is 30.9 Å². The second-order valence-electron chi connectivity index (χ2n) is 4.54. The van der Waals surface area contributed by atoms with Gasteiger partial charge in [0.05, 0.1) is 5.54 Å². The van der Waals surface area contributed by atoms with Crippen molar-refractivity contribution in [1.82, 2.24) is 5.32 Å². The highest BCUT2D eigenvalue weighted by atomic mass is 35.5. The first-order valence-electron chi connectivity index (χ1n) is 5.22. The van der Waals surface area contributed by atoms with E-state index in [0.717, 1.165) is 13.1 Å². The van der Waals surface area contributed by atoms with Gasteiger partial charge >= 0.3 is 0 Å². The second-order valence-corrected chi connectivity index (χ2v) is 4.54. The van der Waals surface area contributed by atoms with Gasteiger partial charge in [0.2, 0.25) is 0 Å². The van der Waals surface area contributed by atoms with Crippen molar-refractivity contribution >= 4 is 12.4 Å². The molecular weight excluding hydrogens is 208 g/mol. The molecule has 0 aliphatic carbocycles. The van der Waals surface area contributed by atoms with Crippen LogP contribution in [0, 0.1) is 0 Å². The monoisotopic (exact) mass is 226 g/mol.